The predicted molar refractivity (Wildman–Crippen MR) is 107 cm³/mol. The van der Waals surface area contributed by atoms with Gasteiger partial charge in [0.05, 0.1) is 19.5 Å². The van der Waals surface area contributed by atoms with E-state index in [1.165, 1.54) is 11.8 Å². The van der Waals surface area contributed by atoms with Crippen LogP contribution >= 0.6 is 11.8 Å². The van der Waals surface area contributed by atoms with E-state index in [1.807, 2.05) is 66.2 Å². The summed E-state index contributed by atoms with van der Waals surface area (Å²) in [6.45, 7) is 1.86. The van der Waals surface area contributed by atoms with Gasteiger partial charge in [-0.3, -0.25) is 9.36 Å². The molecule has 1 aromatic heterocycles. The molecule has 1 amide bonds. The zero-order valence-corrected chi connectivity index (χ0v) is 16.2. The van der Waals surface area contributed by atoms with Gasteiger partial charge in [0.2, 0.25) is 5.91 Å². The summed E-state index contributed by atoms with van der Waals surface area (Å²) >= 11 is 1.40. The molecular weight excluding hydrogens is 362 g/mol. The lowest BCUT2D eigenvalue weighted by Crippen LogP contribution is -2.22. The summed E-state index contributed by atoms with van der Waals surface area (Å²) < 4.78 is 12.3. The monoisotopic (exact) mass is 383 g/mol. The molecule has 0 spiro atoms. The maximum absolute atomic E-state index is 12.5. The summed E-state index contributed by atoms with van der Waals surface area (Å²) in [5.41, 5.74) is 1.69. The minimum Gasteiger partial charge on any atom is -0.497 e. The molecule has 0 aliphatic carbocycles. The van der Waals surface area contributed by atoms with Gasteiger partial charge < -0.3 is 14.8 Å². The molecule has 1 atom stereocenters. The molecule has 7 heteroatoms. The third-order valence-electron chi connectivity index (χ3n) is 3.97. The number of methoxy groups -OCH3 is 2. The van der Waals surface area contributed by atoms with Gasteiger partial charge in [0.15, 0.2) is 5.16 Å². The Kier molecular flexibility index (Phi) is 6.03. The fraction of sp³-hybridized carbons (Fsp3) is 0.200. The second kappa shape index (κ2) is 8.64. The van der Waals surface area contributed by atoms with E-state index < -0.39 is 0 Å². The van der Waals surface area contributed by atoms with Crippen molar-refractivity contribution < 1.29 is 14.3 Å². The smallest absolute Gasteiger partial charge is 0.237 e. The molecule has 1 unspecified atom stereocenters. The highest BCUT2D eigenvalue weighted by Gasteiger charge is 2.18. The molecule has 0 aliphatic rings. The number of nitrogens with zero attached hydrogens (tertiary/aromatic N) is 2. The number of benzene rings is 2. The lowest BCUT2D eigenvalue weighted by atomic mass is 10.3. The molecule has 0 radical (unpaired) electrons. The molecule has 6 nitrogen and oxygen atoms in total. The van der Waals surface area contributed by atoms with Crippen LogP contribution < -0.4 is 14.8 Å². The minimum absolute atomic E-state index is 0.0885. The van der Waals surface area contributed by atoms with E-state index in [1.54, 1.807) is 20.4 Å². The number of carbonyl (C=O) groups excluding carboxylic acids is 1. The maximum Gasteiger partial charge on any atom is 0.237 e. The highest BCUT2D eigenvalue weighted by Crippen LogP contribution is 2.26. The quantitative estimate of drug-likeness (QED) is 0.625. The van der Waals surface area contributed by atoms with Gasteiger partial charge in [-0.05, 0) is 55.5 Å². The Bertz CT molecular complexity index is 892. The molecule has 3 aromatic rings. The first kappa shape index (κ1) is 18.8. The van der Waals surface area contributed by atoms with Crippen LogP contribution in [0.15, 0.2) is 66.1 Å². The van der Waals surface area contributed by atoms with Crippen LogP contribution in [0, 0.1) is 0 Å². The summed E-state index contributed by atoms with van der Waals surface area (Å²) in [6.07, 6.45) is 3.60. The van der Waals surface area contributed by atoms with Crippen LogP contribution in [-0.4, -0.2) is 34.9 Å². The number of hydrogen-bond acceptors (Lipinski definition) is 5. The van der Waals surface area contributed by atoms with Crippen molar-refractivity contribution in [3.63, 3.8) is 0 Å². The van der Waals surface area contributed by atoms with Gasteiger partial charge in [-0.2, -0.15) is 0 Å². The topological polar surface area (TPSA) is 65.4 Å². The molecule has 2 aromatic carbocycles. The van der Waals surface area contributed by atoms with Gasteiger partial charge in [0, 0.05) is 23.8 Å². The highest BCUT2D eigenvalue weighted by atomic mass is 32.2. The average Bonchev–Trinajstić information content (AvgIpc) is 3.16. The van der Waals surface area contributed by atoms with Crippen LogP contribution in [0.2, 0.25) is 0 Å². The van der Waals surface area contributed by atoms with Gasteiger partial charge in [-0.25, -0.2) is 4.98 Å². The first-order chi connectivity index (χ1) is 13.1. The van der Waals surface area contributed by atoms with Crippen LogP contribution in [0.4, 0.5) is 5.69 Å². The van der Waals surface area contributed by atoms with E-state index in [0.29, 0.717) is 0 Å². The number of carbonyl (C=O) groups is 1. The number of anilines is 1. The van der Waals surface area contributed by atoms with Gasteiger partial charge in [0.25, 0.3) is 0 Å². The lowest BCUT2D eigenvalue weighted by Gasteiger charge is -2.13. The molecule has 140 valence electrons. The molecule has 1 heterocycles. The molecule has 0 saturated heterocycles. The van der Waals surface area contributed by atoms with Gasteiger partial charge in [0.1, 0.15) is 11.5 Å². The van der Waals surface area contributed by atoms with Gasteiger partial charge in [-0.1, -0.05) is 11.8 Å². The van der Waals surface area contributed by atoms with E-state index in [-0.39, 0.29) is 11.2 Å². The number of ether oxygens (including phenoxy) is 2. The van der Waals surface area contributed by atoms with E-state index in [9.17, 15) is 4.79 Å². The Morgan fingerprint density at radius 3 is 2.22 bits per heavy atom. The Hall–Kier alpha value is -2.93. The first-order valence-corrected chi connectivity index (χ1v) is 9.28. The Labute approximate surface area is 162 Å². The highest BCUT2D eigenvalue weighted by molar-refractivity contribution is 8.00. The first-order valence-electron chi connectivity index (χ1n) is 8.40. The normalized spacial score (nSPS) is 11.7. The number of amides is 1. The molecule has 3 rings (SSSR count). The SMILES string of the molecule is COc1ccc(NC(=O)C(C)Sc2nccn2-c2ccc(OC)cc2)cc1. The van der Waals surface area contributed by atoms with E-state index >= 15 is 0 Å². The van der Waals surface area contributed by atoms with Gasteiger partial charge >= 0.3 is 0 Å². The Balaban J connectivity index is 1.67. The molecule has 0 fully saturated rings. The molecule has 0 aliphatic heterocycles. The standard InChI is InChI=1S/C20H21N3O3S/c1-14(19(24)22-15-4-8-17(25-2)9-5-15)27-20-21-12-13-23(20)16-6-10-18(26-3)11-7-16/h4-14H,1-3H3,(H,22,24). The zero-order chi connectivity index (χ0) is 19.2. The van der Waals surface area contributed by atoms with E-state index in [0.717, 1.165) is 28.0 Å². The van der Waals surface area contributed by atoms with Crippen LogP contribution in [0.5, 0.6) is 11.5 Å². The maximum atomic E-state index is 12.5. The number of thioether (sulfide) groups is 1. The van der Waals surface area contributed by atoms with Crippen LogP contribution in [0.1, 0.15) is 6.92 Å². The molecule has 1 N–H and O–H groups in total. The van der Waals surface area contributed by atoms with Crippen molar-refractivity contribution in [2.75, 3.05) is 19.5 Å². The Morgan fingerprint density at radius 2 is 1.63 bits per heavy atom. The summed E-state index contributed by atoms with van der Waals surface area (Å²) in [6, 6.07) is 14.9. The molecule has 27 heavy (non-hydrogen) atoms. The fourth-order valence-corrected chi connectivity index (χ4v) is 3.33. The number of aromatic nitrogens is 2. The van der Waals surface area contributed by atoms with Crippen molar-refractivity contribution in [1.82, 2.24) is 9.55 Å². The van der Waals surface area contributed by atoms with E-state index in [4.69, 9.17) is 9.47 Å². The second-order valence-electron chi connectivity index (χ2n) is 5.76. The van der Waals surface area contributed by atoms with Crippen molar-refractivity contribution in [2.45, 2.75) is 17.3 Å². The minimum atomic E-state index is -0.313. The third kappa shape index (κ3) is 4.62. The lowest BCUT2D eigenvalue weighted by molar-refractivity contribution is -0.115. The summed E-state index contributed by atoms with van der Waals surface area (Å²) in [5.74, 6) is 1.45. The van der Waals surface area contributed by atoms with Crippen molar-refractivity contribution in [3.8, 4) is 17.2 Å². The third-order valence-corrected chi connectivity index (χ3v) is 5.05. The van der Waals surface area contributed by atoms with Crippen LogP contribution in [-0.2, 0) is 4.79 Å². The van der Waals surface area contributed by atoms with Crippen molar-refractivity contribution in [1.29, 1.82) is 0 Å². The largest absolute Gasteiger partial charge is 0.497 e. The zero-order valence-electron chi connectivity index (χ0n) is 15.4. The number of nitrogens with one attached hydrogen (secondary N) is 1. The number of imidazole rings is 1. The second-order valence-corrected chi connectivity index (χ2v) is 7.06. The number of hydrogen-bond donors (Lipinski definition) is 1. The number of rotatable bonds is 7. The molecule has 0 bridgehead atoms. The van der Waals surface area contributed by atoms with Crippen LogP contribution in [0.3, 0.4) is 0 Å². The van der Waals surface area contributed by atoms with E-state index in [2.05, 4.69) is 10.3 Å². The van der Waals surface area contributed by atoms with Crippen LogP contribution in [0.25, 0.3) is 5.69 Å². The molecular formula is C20H21N3O3S. The molecule has 0 saturated carbocycles. The van der Waals surface area contributed by atoms with Crippen molar-refractivity contribution in [2.24, 2.45) is 0 Å². The predicted octanol–water partition coefficient (Wildman–Crippen LogP) is 4.01. The summed E-state index contributed by atoms with van der Waals surface area (Å²) in [5, 5.41) is 3.35. The van der Waals surface area contributed by atoms with Crippen molar-refractivity contribution in [3.05, 3.63) is 60.9 Å². The average molecular weight is 383 g/mol. The summed E-state index contributed by atoms with van der Waals surface area (Å²) in [7, 11) is 3.24. The van der Waals surface area contributed by atoms with Crippen molar-refractivity contribution >= 4 is 23.4 Å². The Morgan fingerprint density at radius 1 is 1.04 bits per heavy atom. The summed E-state index contributed by atoms with van der Waals surface area (Å²) in [4.78, 5) is 16.9. The fourth-order valence-electron chi connectivity index (χ4n) is 2.45. The van der Waals surface area contributed by atoms with Gasteiger partial charge in [-0.15, -0.1) is 0 Å².